The lowest BCUT2D eigenvalue weighted by molar-refractivity contribution is 0.629. The van der Waals surface area contributed by atoms with Gasteiger partial charge in [-0.15, -0.1) is 0 Å². The average Bonchev–Trinajstić information content (AvgIpc) is 2.75. The van der Waals surface area contributed by atoms with Crippen LogP contribution in [0.3, 0.4) is 0 Å². The van der Waals surface area contributed by atoms with Gasteiger partial charge in [0.2, 0.25) is 0 Å². The number of imidazole rings is 1. The number of halogens is 3. The number of fused-ring (bicyclic) bond motifs is 1. The van der Waals surface area contributed by atoms with Crippen LogP contribution in [-0.4, -0.2) is 9.97 Å². The first-order valence-electron chi connectivity index (χ1n) is 5.25. The summed E-state index contributed by atoms with van der Waals surface area (Å²) in [4.78, 5) is 7.46. The summed E-state index contributed by atoms with van der Waals surface area (Å²) >= 11 is 9.57. The molecule has 0 fully saturated rings. The van der Waals surface area contributed by atoms with Gasteiger partial charge < -0.3 is 4.98 Å². The lowest BCUT2D eigenvalue weighted by atomic mass is 10.2. The number of nitrogens with zero attached hydrogens (tertiary/aromatic N) is 1. The van der Waals surface area contributed by atoms with Crippen LogP contribution in [0.2, 0.25) is 5.02 Å². The molecule has 0 aliphatic heterocycles. The number of benzene rings is 2. The van der Waals surface area contributed by atoms with Gasteiger partial charge in [0.05, 0.1) is 16.1 Å². The number of aromatic nitrogens is 2. The van der Waals surface area contributed by atoms with Crippen molar-refractivity contribution in [3.8, 4) is 11.4 Å². The Kier molecular flexibility index (Phi) is 2.84. The van der Waals surface area contributed by atoms with E-state index in [1.165, 1.54) is 12.1 Å². The van der Waals surface area contributed by atoms with Crippen LogP contribution in [-0.2, 0) is 0 Å². The van der Waals surface area contributed by atoms with E-state index in [0.29, 0.717) is 21.9 Å². The van der Waals surface area contributed by atoms with Gasteiger partial charge in [-0.25, -0.2) is 9.37 Å². The van der Waals surface area contributed by atoms with E-state index < -0.39 is 0 Å². The Morgan fingerprint density at radius 3 is 2.89 bits per heavy atom. The molecule has 0 atom stereocenters. The van der Waals surface area contributed by atoms with E-state index in [-0.39, 0.29) is 5.82 Å². The molecule has 3 aromatic rings. The fourth-order valence-electron chi connectivity index (χ4n) is 1.80. The molecule has 0 spiro atoms. The third kappa shape index (κ3) is 1.91. The van der Waals surface area contributed by atoms with E-state index in [9.17, 15) is 4.39 Å². The van der Waals surface area contributed by atoms with Crippen LogP contribution >= 0.6 is 27.5 Å². The van der Waals surface area contributed by atoms with Gasteiger partial charge in [-0.3, -0.25) is 0 Å². The Balaban J connectivity index is 2.22. The molecular weight excluding hydrogens is 319 g/mol. The quantitative estimate of drug-likeness (QED) is 0.685. The number of aromatic amines is 1. The predicted molar refractivity (Wildman–Crippen MR) is 74.2 cm³/mol. The van der Waals surface area contributed by atoms with Gasteiger partial charge in [0.15, 0.2) is 0 Å². The smallest absolute Gasteiger partial charge is 0.140 e. The van der Waals surface area contributed by atoms with E-state index in [4.69, 9.17) is 11.6 Å². The summed E-state index contributed by atoms with van der Waals surface area (Å²) in [5, 5.41) is 0.581. The third-order valence-electron chi connectivity index (χ3n) is 2.65. The van der Waals surface area contributed by atoms with Gasteiger partial charge in [-0.05, 0) is 46.3 Å². The Morgan fingerprint density at radius 2 is 2.06 bits per heavy atom. The normalized spacial score (nSPS) is 11.1. The first-order valence-corrected chi connectivity index (χ1v) is 6.42. The van der Waals surface area contributed by atoms with Crippen LogP contribution in [0.1, 0.15) is 0 Å². The van der Waals surface area contributed by atoms with Gasteiger partial charge in [-0.2, -0.15) is 0 Å². The van der Waals surface area contributed by atoms with Gasteiger partial charge >= 0.3 is 0 Å². The molecule has 3 rings (SSSR count). The molecule has 18 heavy (non-hydrogen) atoms. The average molecular weight is 326 g/mol. The molecule has 0 aliphatic rings. The Bertz CT molecular complexity index is 739. The Hall–Kier alpha value is -1.39. The van der Waals surface area contributed by atoms with Crippen LogP contribution in [0.25, 0.3) is 22.4 Å². The summed E-state index contributed by atoms with van der Waals surface area (Å²) in [6.07, 6.45) is 0. The van der Waals surface area contributed by atoms with Crippen molar-refractivity contribution in [3.63, 3.8) is 0 Å². The maximum absolute atomic E-state index is 13.1. The second-order valence-electron chi connectivity index (χ2n) is 3.85. The highest BCUT2D eigenvalue weighted by atomic mass is 79.9. The minimum absolute atomic E-state index is 0.293. The van der Waals surface area contributed by atoms with Crippen LogP contribution in [0.4, 0.5) is 4.39 Å². The molecule has 1 N–H and O–H groups in total. The molecule has 90 valence electrons. The minimum Gasteiger partial charge on any atom is -0.338 e. The number of hydrogen-bond acceptors (Lipinski definition) is 1. The number of rotatable bonds is 1. The van der Waals surface area contributed by atoms with Crippen molar-refractivity contribution in [1.29, 1.82) is 0 Å². The van der Waals surface area contributed by atoms with Crippen molar-refractivity contribution >= 4 is 38.6 Å². The maximum Gasteiger partial charge on any atom is 0.140 e. The molecule has 1 aromatic heterocycles. The summed E-state index contributed by atoms with van der Waals surface area (Å²) in [6, 6.07) is 10.0. The second kappa shape index (κ2) is 4.37. The van der Waals surface area contributed by atoms with E-state index in [1.54, 1.807) is 6.07 Å². The molecule has 2 nitrogen and oxygen atoms in total. The molecule has 1 heterocycles. The molecule has 2 aromatic carbocycles. The number of H-pyrrole nitrogens is 1. The first kappa shape index (κ1) is 11.7. The van der Waals surface area contributed by atoms with E-state index in [2.05, 4.69) is 25.9 Å². The van der Waals surface area contributed by atoms with Crippen LogP contribution < -0.4 is 0 Å². The Morgan fingerprint density at radius 1 is 1.22 bits per heavy atom. The molecule has 0 saturated heterocycles. The van der Waals surface area contributed by atoms with E-state index in [1.807, 2.05) is 18.2 Å². The zero-order valence-electron chi connectivity index (χ0n) is 9.05. The molecule has 0 radical (unpaired) electrons. The largest absolute Gasteiger partial charge is 0.338 e. The van der Waals surface area contributed by atoms with Crippen molar-refractivity contribution in [2.24, 2.45) is 0 Å². The minimum atomic E-state index is -0.293. The van der Waals surface area contributed by atoms with Gasteiger partial charge in [0, 0.05) is 10.0 Å². The van der Waals surface area contributed by atoms with Gasteiger partial charge in [0.1, 0.15) is 11.6 Å². The fraction of sp³-hybridized carbons (Fsp3) is 0. The molecule has 0 bridgehead atoms. The van der Waals surface area contributed by atoms with Crippen LogP contribution in [0, 0.1) is 5.82 Å². The first-order chi connectivity index (χ1) is 8.65. The maximum atomic E-state index is 13.1. The highest BCUT2D eigenvalue weighted by molar-refractivity contribution is 9.10. The summed E-state index contributed by atoms with van der Waals surface area (Å²) in [5.41, 5.74) is 2.14. The van der Waals surface area contributed by atoms with Crippen molar-refractivity contribution < 1.29 is 4.39 Å². The molecule has 5 heteroatoms. The molecule has 0 amide bonds. The standard InChI is InChI=1S/C13H7BrClFN2/c14-9-3-1-2-8(12(9)15)13-17-10-5-4-7(16)6-11(10)18-13/h1-6H,(H,17,18). The molecular formula is C13H7BrClFN2. The summed E-state index contributed by atoms with van der Waals surface area (Å²) in [7, 11) is 0. The number of nitrogens with one attached hydrogen (secondary N) is 1. The summed E-state index contributed by atoms with van der Waals surface area (Å²) in [6.45, 7) is 0. The molecule has 0 aliphatic carbocycles. The van der Waals surface area contributed by atoms with Crippen LogP contribution in [0.15, 0.2) is 40.9 Å². The van der Waals surface area contributed by atoms with Crippen molar-refractivity contribution in [1.82, 2.24) is 9.97 Å². The zero-order valence-corrected chi connectivity index (χ0v) is 11.4. The number of hydrogen-bond donors (Lipinski definition) is 1. The lowest BCUT2D eigenvalue weighted by Crippen LogP contribution is -1.82. The highest BCUT2D eigenvalue weighted by Crippen LogP contribution is 2.33. The van der Waals surface area contributed by atoms with Crippen molar-refractivity contribution in [2.75, 3.05) is 0 Å². The summed E-state index contributed by atoms with van der Waals surface area (Å²) in [5.74, 6) is 0.333. The lowest BCUT2D eigenvalue weighted by Gasteiger charge is -2.01. The monoisotopic (exact) mass is 324 g/mol. The zero-order chi connectivity index (χ0) is 12.7. The van der Waals surface area contributed by atoms with E-state index >= 15 is 0 Å². The Labute approximate surface area is 116 Å². The molecule has 0 unspecified atom stereocenters. The van der Waals surface area contributed by atoms with Crippen LogP contribution in [0.5, 0.6) is 0 Å². The van der Waals surface area contributed by atoms with E-state index in [0.717, 1.165) is 10.0 Å². The second-order valence-corrected chi connectivity index (χ2v) is 5.08. The van der Waals surface area contributed by atoms with Gasteiger partial charge in [0.25, 0.3) is 0 Å². The van der Waals surface area contributed by atoms with Crippen molar-refractivity contribution in [2.45, 2.75) is 0 Å². The van der Waals surface area contributed by atoms with Gasteiger partial charge in [-0.1, -0.05) is 17.7 Å². The third-order valence-corrected chi connectivity index (χ3v) is 3.95. The fourth-order valence-corrected chi connectivity index (χ4v) is 2.38. The van der Waals surface area contributed by atoms with Crippen molar-refractivity contribution in [3.05, 3.63) is 51.7 Å². The summed E-state index contributed by atoms with van der Waals surface area (Å²) < 4.78 is 13.9. The SMILES string of the molecule is Fc1ccc2nc(-c3cccc(Br)c3Cl)[nH]c2c1. The topological polar surface area (TPSA) is 28.7 Å². The predicted octanol–water partition coefficient (Wildman–Crippen LogP) is 4.78. The molecule has 0 saturated carbocycles. The highest BCUT2D eigenvalue weighted by Gasteiger charge is 2.11.